The Balaban J connectivity index is 1.11. The number of carbonyl (C=O) groups excluding carboxylic acids is 2. The highest BCUT2D eigenvalue weighted by Gasteiger charge is 2.29. The standard InChI is InChI=1S/C33H34N4O4/c1-40-30-7-3-5-22(17-30)15-28(38)20-26-11-13-32(36-34-26)24-9-10-25(19-24)33-14-12-27(35-37-33)21-29(39)16-23-6-4-8-31(18-23)41-2/h3-8,11-14,17-18,24-25H,9-10,15-16,19-21H2,1-2H3/t24-,25-/m0/s1. The lowest BCUT2D eigenvalue weighted by Gasteiger charge is -2.11. The molecule has 2 aromatic carbocycles. The molecule has 2 aromatic heterocycles. The second-order valence-corrected chi connectivity index (χ2v) is 10.6. The molecule has 0 unspecified atom stereocenters. The molecule has 4 aromatic rings. The average Bonchev–Trinajstić information content (AvgIpc) is 3.48. The number of ether oxygens (including phenoxy) is 2. The average molecular weight is 551 g/mol. The molecular formula is C33H34N4O4. The van der Waals surface area contributed by atoms with Gasteiger partial charge in [-0.3, -0.25) is 9.59 Å². The summed E-state index contributed by atoms with van der Waals surface area (Å²) in [5.41, 5.74) is 5.10. The van der Waals surface area contributed by atoms with E-state index in [0.29, 0.717) is 36.1 Å². The molecule has 8 heteroatoms. The van der Waals surface area contributed by atoms with Crippen LogP contribution in [0.2, 0.25) is 0 Å². The summed E-state index contributed by atoms with van der Waals surface area (Å²) in [7, 11) is 3.23. The Labute approximate surface area is 240 Å². The van der Waals surface area contributed by atoms with Gasteiger partial charge in [-0.1, -0.05) is 24.3 Å². The van der Waals surface area contributed by atoms with Crippen molar-refractivity contribution < 1.29 is 19.1 Å². The van der Waals surface area contributed by atoms with Crippen molar-refractivity contribution >= 4 is 11.6 Å². The highest BCUT2D eigenvalue weighted by molar-refractivity contribution is 5.83. The molecule has 210 valence electrons. The van der Waals surface area contributed by atoms with Crippen LogP contribution in [0.15, 0.2) is 72.8 Å². The van der Waals surface area contributed by atoms with Gasteiger partial charge in [0.05, 0.1) is 49.8 Å². The van der Waals surface area contributed by atoms with Crippen LogP contribution in [-0.4, -0.2) is 46.2 Å². The van der Waals surface area contributed by atoms with Crippen molar-refractivity contribution in [3.05, 3.63) is 107 Å². The third-order valence-corrected chi connectivity index (χ3v) is 7.58. The zero-order valence-corrected chi connectivity index (χ0v) is 23.5. The highest BCUT2D eigenvalue weighted by atomic mass is 16.5. The van der Waals surface area contributed by atoms with Crippen LogP contribution >= 0.6 is 0 Å². The van der Waals surface area contributed by atoms with Gasteiger partial charge in [-0.25, -0.2) is 0 Å². The third kappa shape index (κ3) is 7.60. The van der Waals surface area contributed by atoms with Gasteiger partial charge in [-0.15, -0.1) is 0 Å². The summed E-state index contributed by atoms with van der Waals surface area (Å²) >= 11 is 0. The molecule has 0 amide bonds. The van der Waals surface area contributed by atoms with E-state index in [1.807, 2.05) is 72.8 Å². The fourth-order valence-electron chi connectivity index (χ4n) is 5.43. The molecular weight excluding hydrogens is 516 g/mol. The Morgan fingerprint density at radius 1 is 0.634 bits per heavy atom. The molecule has 0 aliphatic heterocycles. The molecule has 1 fully saturated rings. The predicted molar refractivity (Wildman–Crippen MR) is 154 cm³/mol. The van der Waals surface area contributed by atoms with E-state index in [-0.39, 0.29) is 24.4 Å². The van der Waals surface area contributed by atoms with Gasteiger partial charge in [0.15, 0.2) is 0 Å². The Morgan fingerprint density at radius 3 is 1.49 bits per heavy atom. The minimum absolute atomic E-state index is 0.0882. The van der Waals surface area contributed by atoms with E-state index in [0.717, 1.165) is 53.3 Å². The first-order valence-electron chi connectivity index (χ1n) is 13.9. The molecule has 0 radical (unpaired) electrons. The molecule has 0 spiro atoms. The molecule has 2 atom stereocenters. The Hall–Kier alpha value is -4.46. The van der Waals surface area contributed by atoms with E-state index < -0.39 is 0 Å². The summed E-state index contributed by atoms with van der Waals surface area (Å²) < 4.78 is 10.5. The quantitative estimate of drug-likeness (QED) is 0.242. The Bertz CT molecular complexity index is 1380. The maximum Gasteiger partial charge on any atom is 0.143 e. The van der Waals surface area contributed by atoms with Gasteiger partial charge in [0.1, 0.15) is 23.1 Å². The van der Waals surface area contributed by atoms with Crippen molar-refractivity contribution in [1.82, 2.24) is 20.4 Å². The second-order valence-electron chi connectivity index (χ2n) is 10.6. The SMILES string of the molecule is COc1cccc(CC(=O)Cc2ccc([C@H]3CC[C@H](c4ccc(CC(=O)Cc5cccc(OC)c5)nn4)C3)nn2)c1. The van der Waals surface area contributed by atoms with Crippen molar-refractivity contribution in [1.29, 1.82) is 0 Å². The van der Waals surface area contributed by atoms with Crippen molar-refractivity contribution in [3.63, 3.8) is 0 Å². The molecule has 1 aliphatic rings. The Kier molecular flexibility index (Phi) is 9.08. The summed E-state index contributed by atoms with van der Waals surface area (Å²) in [5, 5.41) is 17.6. The topological polar surface area (TPSA) is 104 Å². The largest absolute Gasteiger partial charge is 0.497 e. The second kappa shape index (κ2) is 13.3. The summed E-state index contributed by atoms with van der Waals surface area (Å²) in [4.78, 5) is 25.1. The van der Waals surface area contributed by atoms with E-state index >= 15 is 0 Å². The molecule has 1 aliphatic carbocycles. The van der Waals surface area contributed by atoms with E-state index in [2.05, 4.69) is 20.4 Å². The number of nitrogens with zero attached hydrogens (tertiary/aromatic N) is 4. The predicted octanol–water partition coefficient (Wildman–Crippen LogP) is 5.04. The first kappa shape index (κ1) is 28.1. The number of carbonyl (C=O) groups is 2. The minimum Gasteiger partial charge on any atom is -0.497 e. The number of methoxy groups -OCH3 is 2. The lowest BCUT2D eigenvalue weighted by molar-refractivity contribution is -0.118. The summed E-state index contributed by atoms with van der Waals surface area (Å²) in [6.07, 6.45) is 4.09. The maximum atomic E-state index is 12.6. The fraction of sp³-hybridized carbons (Fsp3) is 0.333. The smallest absolute Gasteiger partial charge is 0.143 e. The van der Waals surface area contributed by atoms with Gasteiger partial charge in [0.2, 0.25) is 0 Å². The van der Waals surface area contributed by atoms with Crippen LogP contribution in [-0.2, 0) is 35.3 Å². The molecule has 8 nitrogen and oxygen atoms in total. The van der Waals surface area contributed by atoms with Crippen LogP contribution in [0.3, 0.4) is 0 Å². The number of hydrogen-bond donors (Lipinski definition) is 0. The van der Waals surface area contributed by atoms with Gasteiger partial charge in [-0.2, -0.15) is 20.4 Å². The number of Topliss-reactive ketones (excluding diaryl/α,β-unsaturated/α-hetero) is 2. The zero-order valence-electron chi connectivity index (χ0n) is 23.5. The molecule has 2 heterocycles. The molecule has 1 saturated carbocycles. The van der Waals surface area contributed by atoms with Crippen LogP contribution in [0.1, 0.15) is 65.0 Å². The molecule has 0 saturated heterocycles. The van der Waals surface area contributed by atoms with Crippen molar-refractivity contribution in [2.24, 2.45) is 0 Å². The molecule has 5 rings (SSSR count). The Morgan fingerprint density at radius 2 is 1.10 bits per heavy atom. The van der Waals surface area contributed by atoms with E-state index in [1.54, 1.807) is 14.2 Å². The minimum atomic E-state index is 0.0882. The monoisotopic (exact) mass is 550 g/mol. The van der Waals surface area contributed by atoms with Gasteiger partial charge in [0, 0.05) is 24.7 Å². The molecule has 41 heavy (non-hydrogen) atoms. The number of hydrogen-bond acceptors (Lipinski definition) is 8. The van der Waals surface area contributed by atoms with Gasteiger partial charge in [0.25, 0.3) is 0 Å². The van der Waals surface area contributed by atoms with Crippen LogP contribution in [0.4, 0.5) is 0 Å². The number of benzene rings is 2. The first-order chi connectivity index (χ1) is 20.0. The van der Waals surface area contributed by atoms with E-state index in [4.69, 9.17) is 9.47 Å². The zero-order chi connectivity index (χ0) is 28.6. The number of ketones is 2. The van der Waals surface area contributed by atoms with Crippen LogP contribution in [0.25, 0.3) is 0 Å². The first-order valence-corrected chi connectivity index (χ1v) is 13.9. The lowest BCUT2D eigenvalue weighted by atomic mass is 9.98. The van der Waals surface area contributed by atoms with Gasteiger partial charge in [-0.05, 0) is 78.9 Å². The third-order valence-electron chi connectivity index (χ3n) is 7.58. The highest BCUT2D eigenvalue weighted by Crippen LogP contribution is 2.42. The normalized spacial score (nSPS) is 16.3. The summed E-state index contributed by atoms with van der Waals surface area (Å²) in [5.74, 6) is 2.24. The van der Waals surface area contributed by atoms with Crippen LogP contribution in [0.5, 0.6) is 11.5 Å². The number of aromatic nitrogens is 4. The van der Waals surface area contributed by atoms with E-state index in [1.165, 1.54) is 0 Å². The molecule has 0 N–H and O–H groups in total. The van der Waals surface area contributed by atoms with Crippen molar-refractivity contribution in [3.8, 4) is 11.5 Å². The van der Waals surface area contributed by atoms with Crippen LogP contribution in [0, 0.1) is 0 Å². The summed E-state index contributed by atoms with van der Waals surface area (Å²) in [6.45, 7) is 0. The van der Waals surface area contributed by atoms with Gasteiger partial charge >= 0.3 is 0 Å². The number of rotatable bonds is 12. The van der Waals surface area contributed by atoms with Gasteiger partial charge < -0.3 is 9.47 Å². The molecule has 0 bridgehead atoms. The van der Waals surface area contributed by atoms with Crippen molar-refractivity contribution in [2.75, 3.05) is 14.2 Å². The maximum absolute atomic E-state index is 12.6. The lowest BCUT2D eigenvalue weighted by Crippen LogP contribution is -2.10. The fourth-order valence-corrected chi connectivity index (χ4v) is 5.43. The van der Waals surface area contributed by atoms with Crippen molar-refractivity contribution in [2.45, 2.75) is 56.8 Å². The summed E-state index contributed by atoms with van der Waals surface area (Å²) in [6, 6.07) is 22.9. The van der Waals surface area contributed by atoms with Crippen LogP contribution < -0.4 is 9.47 Å². The van der Waals surface area contributed by atoms with E-state index in [9.17, 15) is 9.59 Å².